The number of nitrogens with one attached hydrogen (secondary N) is 1. The highest BCUT2D eigenvalue weighted by Crippen LogP contribution is 2.27. The van der Waals surface area contributed by atoms with Crippen LogP contribution in [-0.4, -0.2) is 43.8 Å². The fraction of sp³-hybridized carbons (Fsp3) is 0.297. The third-order valence-corrected chi connectivity index (χ3v) is 10.7. The van der Waals surface area contributed by atoms with Crippen molar-refractivity contribution in [1.29, 1.82) is 0 Å². The van der Waals surface area contributed by atoms with Crippen molar-refractivity contribution >= 4 is 43.5 Å². The molecule has 1 N–H and O–H groups in total. The molecule has 1 atom stereocenters. The van der Waals surface area contributed by atoms with Crippen molar-refractivity contribution in [1.82, 2.24) is 10.2 Å². The fourth-order valence-corrected chi connectivity index (χ4v) is 7.66. The van der Waals surface area contributed by atoms with Crippen LogP contribution in [0.4, 0.5) is 5.69 Å². The number of hydrogen-bond acceptors (Lipinski definition) is 4. The van der Waals surface area contributed by atoms with E-state index in [9.17, 15) is 18.0 Å². The largest absolute Gasteiger partial charge is 0.352 e. The van der Waals surface area contributed by atoms with Gasteiger partial charge in [-0.15, -0.1) is 0 Å². The van der Waals surface area contributed by atoms with E-state index in [0.29, 0.717) is 12.1 Å². The molecule has 0 heterocycles. The first-order valence-corrected chi connectivity index (χ1v) is 18.0. The van der Waals surface area contributed by atoms with Crippen molar-refractivity contribution in [2.75, 3.05) is 10.8 Å². The number of anilines is 1. The molecule has 0 aromatic heterocycles. The number of halogens is 1. The molecule has 0 radical (unpaired) electrons. The van der Waals surface area contributed by atoms with Crippen molar-refractivity contribution in [3.8, 4) is 0 Å². The predicted octanol–water partition coefficient (Wildman–Crippen LogP) is 7.04. The number of sulfonamides is 1. The van der Waals surface area contributed by atoms with Gasteiger partial charge in [0.25, 0.3) is 10.0 Å². The van der Waals surface area contributed by atoms with E-state index in [1.165, 1.54) is 12.1 Å². The van der Waals surface area contributed by atoms with E-state index in [1.54, 1.807) is 47.4 Å². The maximum absolute atomic E-state index is 14.6. The van der Waals surface area contributed by atoms with Gasteiger partial charge in [-0.3, -0.25) is 13.9 Å². The maximum Gasteiger partial charge on any atom is 0.264 e. The van der Waals surface area contributed by atoms with Crippen molar-refractivity contribution < 1.29 is 18.0 Å². The number of nitrogens with zero attached hydrogens (tertiary/aromatic N) is 2. The van der Waals surface area contributed by atoms with Crippen LogP contribution in [0.15, 0.2) is 119 Å². The smallest absolute Gasteiger partial charge is 0.264 e. The molecule has 4 aromatic rings. The summed E-state index contributed by atoms with van der Waals surface area (Å²) in [6.07, 6.45) is 5.37. The van der Waals surface area contributed by atoms with Crippen molar-refractivity contribution in [3.63, 3.8) is 0 Å². The van der Waals surface area contributed by atoms with Gasteiger partial charge in [0, 0.05) is 23.5 Å². The monoisotopic (exact) mass is 701 g/mol. The topological polar surface area (TPSA) is 86.8 Å². The Hall–Kier alpha value is -3.95. The van der Waals surface area contributed by atoms with Gasteiger partial charge in [0.15, 0.2) is 0 Å². The minimum atomic E-state index is -4.13. The predicted molar refractivity (Wildman–Crippen MR) is 186 cm³/mol. The molecule has 1 aliphatic rings. The summed E-state index contributed by atoms with van der Waals surface area (Å²) in [6.45, 7) is 1.65. The van der Waals surface area contributed by atoms with Gasteiger partial charge in [0.2, 0.25) is 11.8 Å². The number of carbonyl (C=O) groups excluding carboxylic acids is 2. The lowest BCUT2D eigenvalue weighted by atomic mass is 9.94. The Morgan fingerprint density at radius 3 is 2.11 bits per heavy atom. The number of rotatable bonds is 12. The Labute approximate surface area is 280 Å². The van der Waals surface area contributed by atoms with Gasteiger partial charge >= 0.3 is 0 Å². The zero-order valence-electron chi connectivity index (χ0n) is 26.0. The van der Waals surface area contributed by atoms with Crippen LogP contribution in [0, 0.1) is 6.92 Å². The molecule has 46 heavy (non-hydrogen) atoms. The van der Waals surface area contributed by atoms with Crippen LogP contribution in [0.3, 0.4) is 0 Å². The molecule has 0 saturated heterocycles. The summed E-state index contributed by atoms with van der Waals surface area (Å²) in [5.74, 6) is -0.693. The molecule has 240 valence electrons. The van der Waals surface area contributed by atoms with Crippen LogP contribution in [0.2, 0.25) is 0 Å². The highest BCUT2D eigenvalue weighted by Gasteiger charge is 2.35. The summed E-state index contributed by atoms with van der Waals surface area (Å²) < 4.78 is 30.1. The van der Waals surface area contributed by atoms with E-state index >= 15 is 0 Å². The SMILES string of the molecule is Cc1cccc(CN(C(=O)CN(c2ccc(Br)cc2)S(=O)(=O)c2ccccc2)[C@@H](Cc2ccccc2)C(=O)NC2CCCCC2)c1. The fourth-order valence-electron chi connectivity index (χ4n) is 5.96. The Bertz CT molecular complexity index is 1710. The van der Waals surface area contributed by atoms with Gasteiger partial charge in [-0.2, -0.15) is 0 Å². The average Bonchev–Trinajstić information content (AvgIpc) is 3.07. The van der Waals surface area contributed by atoms with Crippen LogP contribution < -0.4 is 9.62 Å². The van der Waals surface area contributed by atoms with E-state index < -0.39 is 28.5 Å². The van der Waals surface area contributed by atoms with Gasteiger partial charge in [0.1, 0.15) is 12.6 Å². The van der Waals surface area contributed by atoms with Gasteiger partial charge in [0.05, 0.1) is 10.6 Å². The number of hydrogen-bond donors (Lipinski definition) is 1. The molecule has 4 aromatic carbocycles. The molecule has 0 aliphatic heterocycles. The summed E-state index contributed by atoms with van der Waals surface area (Å²) in [7, 11) is -4.13. The minimum absolute atomic E-state index is 0.0492. The Morgan fingerprint density at radius 2 is 1.46 bits per heavy atom. The molecule has 1 fully saturated rings. The Balaban J connectivity index is 1.55. The second-order valence-electron chi connectivity index (χ2n) is 11.9. The summed E-state index contributed by atoms with van der Waals surface area (Å²) in [5.41, 5.74) is 3.15. The van der Waals surface area contributed by atoms with Crippen LogP contribution in [0.1, 0.15) is 48.8 Å². The lowest BCUT2D eigenvalue weighted by Gasteiger charge is -2.35. The molecule has 1 saturated carbocycles. The molecule has 0 unspecified atom stereocenters. The van der Waals surface area contributed by atoms with E-state index in [-0.39, 0.29) is 23.4 Å². The first-order valence-electron chi connectivity index (χ1n) is 15.7. The summed E-state index contributed by atoms with van der Waals surface area (Å²) in [4.78, 5) is 30.4. The van der Waals surface area contributed by atoms with E-state index in [4.69, 9.17) is 0 Å². The van der Waals surface area contributed by atoms with Crippen LogP contribution in [0.5, 0.6) is 0 Å². The Kier molecular flexibility index (Phi) is 11.3. The zero-order valence-corrected chi connectivity index (χ0v) is 28.4. The quantitative estimate of drug-likeness (QED) is 0.172. The average molecular weight is 703 g/mol. The van der Waals surface area contributed by atoms with Gasteiger partial charge in [-0.1, -0.05) is 114 Å². The van der Waals surface area contributed by atoms with Crippen molar-refractivity contribution in [2.45, 2.75) is 69.0 Å². The number of benzene rings is 4. The minimum Gasteiger partial charge on any atom is -0.352 e. The van der Waals surface area contributed by atoms with Gasteiger partial charge in [-0.05, 0) is 67.3 Å². The summed E-state index contributed by atoms with van der Waals surface area (Å²) >= 11 is 3.43. The van der Waals surface area contributed by atoms with E-state index in [0.717, 1.165) is 57.6 Å². The molecule has 2 amide bonds. The second-order valence-corrected chi connectivity index (χ2v) is 14.6. The molecule has 7 nitrogen and oxygen atoms in total. The standard InChI is InChI=1S/C37H40BrN3O4S/c1-28-12-11-15-30(24-28)26-40(35(25-29-13-5-2-6-14-29)37(43)39-32-16-7-3-8-17-32)36(42)27-41(33-22-20-31(38)21-23-33)46(44,45)34-18-9-4-10-19-34/h2,4-6,9-15,18-24,32,35H,3,7-8,16-17,25-27H2,1H3,(H,39,43)/t35-/m0/s1. The highest BCUT2D eigenvalue weighted by atomic mass is 79.9. The molecule has 0 spiro atoms. The van der Waals surface area contributed by atoms with Crippen LogP contribution >= 0.6 is 15.9 Å². The third-order valence-electron chi connectivity index (χ3n) is 8.38. The molecule has 5 rings (SSSR count). The molecule has 1 aliphatic carbocycles. The van der Waals surface area contributed by atoms with Crippen LogP contribution in [-0.2, 0) is 32.6 Å². The first-order chi connectivity index (χ1) is 22.2. The summed E-state index contributed by atoms with van der Waals surface area (Å²) in [6, 6.07) is 31.6. The van der Waals surface area contributed by atoms with Crippen LogP contribution in [0.25, 0.3) is 0 Å². The zero-order chi connectivity index (χ0) is 32.5. The third kappa shape index (κ3) is 8.65. The normalized spacial score (nSPS) is 14.3. The lowest BCUT2D eigenvalue weighted by molar-refractivity contribution is -0.140. The number of amides is 2. The lowest BCUT2D eigenvalue weighted by Crippen LogP contribution is -2.55. The highest BCUT2D eigenvalue weighted by molar-refractivity contribution is 9.10. The van der Waals surface area contributed by atoms with E-state index in [1.807, 2.05) is 61.5 Å². The first kappa shape index (κ1) is 33.4. The van der Waals surface area contributed by atoms with E-state index in [2.05, 4.69) is 21.2 Å². The molecular formula is C37H40BrN3O4S. The van der Waals surface area contributed by atoms with Gasteiger partial charge in [-0.25, -0.2) is 8.42 Å². The van der Waals surface area contributed by atoms with Gasteiger partial charge < -0.3 is 10.2 Å². The van der Waals surface area contributed by atoms with Crippen molar-refractivity contribution in [2.24, 2.45) is 0 Å². The number of aryl methyl sites for hydroxylation is 1. The molecule has 0 bridgehead atoms. The summed E-state index contributed by atoms with van der Waals surface area (Å²) in [5, 5.41) is 3.25. The molecular weight excluding hydrogens is 662 g/mol. The Morgan fingerprint density at radius 1 is 0.826 bits per heavy atom. The van der Waals surface area contributed by atoms with Crippen molar-refractivity contribution in [3.05, 3.63) is 130 Å². The second kappa shape index (κ2) is 15.6. The molecule has 9 heteroatoms. The maximum atomic E-state index is 14.6. The number of carbonyl (C=O) groups is 2.